The third-order valence-electron chi connectivity index (χ3n) is 2.53. The Hall–Kier alpha value is -1.55. The van der Waals surface area contributed by atoms with Gasteiger partial charge in [0.15, 0.2) is 0 Å². The van der Waals surface area contributed by atoms with Crippen molar-refractivity contribution in [2.45, 2.75) is 26.4 Å². The van der Waals surface area contributed by atoms with E-state index in [1.165, 1.54) is 0 Å². The molecule has 4 nitrogen and oxygen atoms in total. The van der Waals surface area contributed by atoms with E-state index in [4.69, 9.17) is 11.6 Å². The first-order valence-corrected chi connectivity index (χ1v) is 5.94. The van der Waals surface area contributed by atoms with Gasteiger partial charge in [-0.15, -0.1) is 0 Å². The van der Waals surface area contributed by atoms with Crippen LogP contribution >= 0.6 is 11.6 Å². The summed E-state index contributed by atoms with van der Waals surface area (Å²) >= 11 is 5.80. The molecule has 90 valence electrons. The molecule has 0 aromatic carbocycles. The van der Waals surface area contributed by atoms with Gasteiger partial charge in [0.25, 0.3) is 0 Å². The van der Waals surface area contributed by atoms with Crippen molar-refractivity contribution < 1.29 is 0 Å². The van der Waals surface area contributed by atoms with Crippen molar-refractivity contribution >= 4 is 11.6 Å². The molecule has 0 saturated carbocycles. The van der Waals surface area contributed by atoms with E-state index in [2.05, 4.69) is 4.98 Å². The Labute approximate surface area is 104 Å². The topological polar surface area (TPSA) is 39.8 Å². The van der Waals surface area contributed by atoms with Crippen LogP contribution in [0, 0.1) is 0 Å². The Kier molecular flexibility index (Phi) is 3.64. The van der Waals surface area contributed by atoms with Crippen molar-refractivity contribution in [1.29, 1.82) is 0 Å². The van der Waals surface area contributed by atoms with Crippen LogP contribution in [0.1, 0.15) is 18.9 Å². The summed E-state index contributed by atoms with van der Waals surface area (Å²) in [5, 5.41) is 0.448. The van der Waals surface area contributed by atoms with E-state index in [1.54, 1.807) is 27.6 Å². The van der Waals surface area contributed by atoms with Gasteiger partial charge in [0.2, 0.25) is 0 Å². The highest BCUT2D eigenvalue weighted by Gasteiger charge is 2.03. The van der Waals surface area contributed by atoms with E-state index in [-0.39, 0.29) is 5.69 Å². The zero-order chi connectivity index (χ0) is 12.3. The second-order valence-corrected chi connectivity index (χ2v) is 4.28. The van der Waals surface area contributed by atoms with E-state index >= 15 is 0 Å². The van der Waals surface area contributed by atoms with E-state index < -0.39 is 0 Å². The molecule has 2 heterocycles. The first kappa shape index (κ1) is 11.9. The highest BCUT2D eigenvalue weighted by atomic mass is 35.5. The SMILES string of the molecule is CCCn1ccn(Cc2ccnc(Cl)c2)c1=O. The van der Waals surface area contributed by atoms with Gasteiger partial charge in [0.05, 0.1) is 6.54 Å². The lowest BCUT2D eigenvalue weighted by molar-refractivity contribution is 0.624. The van der Waals surface area contributed by atoms with Crippen LogP contribution in [-0.4, -0.2) is 14.1 Å². The van der Waals surface area contributed by atoms with E-state index in [9.17, 15) is 4.79 Å². The molecule has 0 unspecified atom stereocenters. The van der Waals surface area contributed by atoms with Gasteiger partial charge >= 0.3 is 5.69 Å². The van der Waals surface area contributed by atoms with Crippen molar-refractivity contribution in [3.8, 4) is 0 Å². The molecule has 5 heteroatoms. The molecule has 0 N–H and O–H groups in total. The number of halogens is 1. The van der Waals surface area contributed by atoms with Gasteiger partial charge < -0.3 is 0 Å². The molecule has 0 fully saturated rings. The highest BCUT2D eigenvalue weighted by molar-refractivity contribution is 6.29. The highest BCUT2D eigenvalue weighted by Crippen LogP contribution is 2.07. The van der Waals surface area contributed by atoms with Crippen LogP contribution in [0.25, 0.3) is 0 Å². The molecule has 2 rings (SSSR count). The Bertz CT molecular complexity index is 559. The van der Waals surface area contributed by atoms with Crippen LogP contribution in [0.15, 0.2) is 35.5 Å². The first-order chi connectivity index (χ1) is 8.20. The van der Waals surface area contributed by atoms with Crippen LogP contribution in [0.2, 0.25) is 5.15 Å². The molecule has 0 spiro atoms. The largest absolute Gasteiger partial charge is 0.328 e. The molecule has 0 bridgehead atoms. The minimum atomic E-state index is 0.0137. The molecule has 17 heavy (non-hydrogen) atoms. The zero-order valence-corrected chi connectivity index (χ0v) is 10.4. The number of aryl methyl sites for hydroxylation is 1. The van der Waals surface area contributed by atoms with Crippen LogP contribution in [-0.2, 0) is 13.1 Å². The molecular formula is C12H14ClN3O. The molecule has 0 saturated heterocycles. The van der Waals surface area contributed by atoms with Gasteiger partial charge in [-0.1, -0.05) is 18.5 Å². The molecule has 2 aromatic heterocycles. The number of hydrogen-bond donors (Lipinski definition) is 0. The van der Waals surface area contributed by atoms with Gasteiger partial charge in [-0.3, -0.25) is 9.13 Å². The maximum atomic E-state index is 11.9. The molecule has 0 aliphatic heterocycles. The second kappa shape index (κ2) is 5.19. The smallest absolute Gasteiger partial charge is 0.299 e. The number of imidazole rings is 1. The predicted octanol–water partition coefficient (Wildman–Crippen LogP) is 2.16. The van der Waals surface area contributed by atoms with E-state index in [0.29, 0.717) is 11.7 Å². The number of rotatable bonds is 4. The maximum absolute atomic E-state index is 11.9. The standard InChI is InChI=1S/C12H14ClN3O/c1-2-5-15-6-7-16(12(15)17)9-10-3-4-14-11(13)8-10/h3-4,6-8H,2,5,9H2,1H3. The first-order valence-electron chi connectivity index (χ1n) is 5.56. The van der Waals surface area contributed by atoms with Crippen LogP contribution in [0.3, 0.4) is 0 Å². The number of nitrogens with zero attached hydrogens (tertiary/aromatic N) is 3. The normalized spacial score (nSPS) is 10.7. The van der Waals surface area contributed by atoms with Crippen LogP contribution in [0.5, 0.6) is 0 Å². The lowest BCUT2D eigenvalue weighted by atomic mass is 10.3. The molecule has 0 radical (unpaired) electrons. The van der Waals surface area contributed by atoms with Gasteiger partial charge in [-0.05, 0) is 24.1 Å². The summed E-state index contributed by atoms with van der Waals surface area (Å²) in [5.74, 6) is 0. The monoisotopic (exact) mass is 251 g/mol. The number of pyridine rings is 1. The third kappa shape index (κ3) is 2.77. The van der Waals surface area contributed by atoms with E-state index in [1.807, 2.05) is 19.2 Å². The molecular weight excluding hydrogens is 238 g/mol. The summed E-state index contributed by atoms with van der Waals surface area (Å²) in [4.78, 5) is 15.8. The quantitative estimate of drug-likeness (QED) is 0.782. The Morgan fingerprint density at radius 2 is 2.12 bits per heavy atom. The molecule has 0 aliphatic carbocycles. The Morgan fingerprint density at radius 3 is 2.82 bits per heavy atom. The maximum Gasteiger partial charge on any atom is 0.328 e. The molecule has 0 amide bonds. The van der Waals surface area contributed by atoms with Crippen molar-refractivity contribution in [3.05, 3.63) is 51.9 Å². The van der Waals surface area contributed by atoms with Crippen LogP contribution < -0.4 is 5.69 Å². The summed E-state index contributed by atoms with van der Waals surface area (Å²) in [6.45, 7) is 3.33. The fourth-order valence-corrected chi connectivity index (χ4v) is 1.92. The van der Waals surface area contributed by atoms with Crippen molar-refractivity contribution in [2.75, 3.05) is 0 Å². The summed E-state index contributed by atoms with van der Waals surface area (Å²) < 4.78 is 3.38. The zero-order valence-electron chi connectivity index (χ0n) is 9.64. The summed E-state index contributed by atoms with van der Waals surface area (Å²) in [6.07, 6.45) is 6.21. The van der Waals surface area contributed by atoms with Crippen molar-refractivity contribution in [3.63, 3.8) is 0 Å². The summed E-state index contributed by atoms with van der Waals surface area (Å²) in [7, 11) is 0. The minimum absolute atomic E-state index is 0.0137. The predicted molar refractivity (Wildman–Crippen MR) is 67.3 cm³/mol. The van der Waals surface area contributed by atoms with Gasteiger partial charge in [-0.2, -0.15) is 0 Å². The Balaban J connectivity index is 2.22. The number of hydrogen-bond acceptors (Lipinski definition) is 2. The van der Waals surface area contributed by atoms with Gasteiger partial charge in [-0.25, -0.2) is 9.78 Å². The van der Waals surface area contributed by atoms with Gasteiger partial charge in [0.1, 0.15) is 5.15 Å². The summed E-state index contributed by atoms with van der Waals surface area (Å²) in [6, 6.07) is 3.63. The lowest BCUT2D eigenvalue weighted by Crippen LogP contribution is -2.24. The lowest BCUT2D eigenvalue weighted by Gasteiger charge is -2.02. The van der Waals surface area contributed by atoms with Crippen LogP contribution in [0.4, 0.5) is 0 Å². The summed E-state index contributed by atoms with van der Waals surface area (Å²) in [5.41, 5.74) is 0.987. The van der Waals surface area contributed by atoms with Crippen molar-refractivity contribution in [2.24, 2.45) is 0 Å². The fourth-order valence-electron chi connectivity index (χ4n) is 1.72. The minimum Gasteiger partial charge on any atom is -0.299 e. The molecule has 0 atom stereocenters. The van der Waals surface area contributed by atoms with Gasteiger partial charge in [0, 0.05) is 25.1 Å². The van der Waals surface area contributed by atoms with Crippen molar-refractivity contribution in [1.82, 2.24) is 14.1 Å². The third-order valence-corrected chi connectivity index (χ3v) is 2.73. The molecule has 0 aliphatic rings. The Morgan fingerprint density at radius 1 is 1.35 bits per heavy atom. The average molecular weight is 252 g/mol. The average Bonchev–Trinajstić information content (AvgIpc) is 2.62. The van der Waals surface area contributed by atoms with E-state index in [0.717, 1.165) is 18.5 Å². The fraction of sp³-hybridized carbons (Fsp3) is 0.333. The second-order valence-electron chi connectivity index (χ2n) is 3.89. The number of aromatic nitrogens is 3. The molecule has 2 aromatic rings.